The fourth-order valence-electron chi connectivity index (χ4n) is 4.08. The highest BCUT2D eigenvalue weighted by Gasteiger charge is 2.32. The maximum absolute atomic E-state index is 12.9. The fourth-order valence-corrected chi connectivity index (χ4v) is 4.08. The van der Waals surface area contributed by atoms with Gasteiger partial charge in [-0.15, -0.1) is 0 Å². The predicted molar refractivity (Wildman–Crippen MR) is 115 cm³/mol. The molecule has 1 heterocycles. The van der Waals surface area contributed by atoms with E-state index in [1.54, 1.807) is 7.11 Å². The Kier molecular flexibility index (Phi) is 7.19. The predicted octanol–water partition coefficient (Wildman–Crippen LogP) is 4.99. The lowest BCUT2D eigenvalue weighted by molar-refractivity contribution is 0.0491. The van der Waals surface area contributed by atoms with E-state index in [4.69, 9.17) is 14.2 Å². The van der Waals surface area contributed by atoms with Gasteiger partial charge in [0.25, 0.3) is 0 Å². The van der Waals surface area contributed by atoms with E-state index in [9.17, 15) is 9.59 Å². The molecule has 1 aliphatic rings. The summed E-state index contributed by atoms with van der Waals surface area (Å²) in [5.41, 5.74) is 3.56. The number of unbranched alkanes of at least 4 members (excludes halogenated alkanes) is 2. The average molecular weight is 414 g/mol. The standard InChI is InChI=1S/C24H31NO5/c1-5-7-8-11-30-24(27)23-15(3)22-18(25-23)12-17(13-19(22)26)16-9-10-20(29-6-2)21(14-16)28-4/h9-10,14,17,25H,5-8,11-13H2,1-4H3. The van der Waals surface area contributed by atoms with Gasteiger partial charge in [-0.1, -0.05) is 25.8 Å². The van der Waals surface area contributed by atoms with Crippen molar-refractivity contribution in [2.24, 2.45) is 0 Å². The second-order valence-electron chi connectivity index (χ2n) is 7.69. The minimum atomic E-state index is -0.384. The van der Waals surface area contributed by atoms with Crippen molar-refractivity contribution in [2.75, 3.05) is 20.3 Å². The maximum Gasteiger partial charge on any atom is 0.355 e. The van der Waals surface area contributed by atoms with Crippen LogP contribution in [-0.4, -0.2) is 37.1 Å². The summed E-state index contributed by atoms with van der Waals surface area (Å²) >= 11 is 0. The number of nitrogens with one attached hydrogen (secondary N) is 1. The number of rotatable bonds is 9. The molecule has 1 N–H and O–H groups in total. The Morgan fingerprint density at radius 3 is 2.67 bits per heavy atom. The molecule has 1 aromatic carbocycles. The third-order valence-corrected chi connectivity index (χ3v) is 5.63. The van der Waals surface area contributed by atoms with E-state index in [1.165, 1.54) is 0 Å². The van der Waals surface area contributed by atoms with Crippen LogP contribution in [0.2, 0.25) is 0 Å². The first-order valence-corrected chi connectivity index (χ1v) is 10.7. The van der Waals surface area contributed by atoms with Crippen LogP contribution in [0.4, 0.5) is 0 Å². The highest BCUT2D eigenvalue weighted by atomic mass is 16.5. The minimum Gasteiger partial charge on any atom is -0.493 e. The van der Waals surface area contributed by atoms with E-state index in [0.717, 1.165) is 30.5 Å². The largest absolute Gasteiger partial charge is 0.493 e. The molecule has 0 amide bonds. The van der Waals surface area contributed by atoms with Crippen molar-refractivity contribution < 1.29 is 23.8 Å². The molecule has 6 nitrogen and oxygen atoms in total. The number of benzene rings is 1. The van der Waals surface area contributed by atoms with Gasteiger partial charge in [0, 0.05) is 17.7 Å². The molecule has 1 atom stereocenters. The second-order valence-corrected chi connectivity index (χ2v) is 7.69. The summed E-state index contributed by atoms with van der Waals surface area (Å²) in [6, 6.07) is 5.80. The van der Waals surface area contributed by atoms with Gasteiger partial charge >= 0.3 is 5.97 Å². The first kappa shape index (κ1) is 21.9. The summed E-state index contributed by atoms with van der Waals surface area (Å²) in [5, 5.41) is 0. The van der Waals surface area contributed by atoms with Crippen molar-refractivity contribution in [3.05, 3.63) is 46.3 Å². The highest BCUT2D eigenvalue weighted by Crippen LogP contribution is 2.38. The van der Waals surface area contributed by atoms with E-state index in [0.29, 0.717) is 54.4 Å². The number of ketones is 1. The van der Waals surface area contributed by atoms with E-state index in [2.05, 4.69) is 11.9 Å². The van der Waals surface area contributed by atoms with Crippen LogP contribution in [-0.2, 0) is 11.2 Å². The highest BCUT2D eigenvalue weighted by molar-refractivity contribution is 6.03. The molecular formula is C24H31NO5. The van der Waals surface area contributed by atoms with E-state index >= 15 is 0 Å². The van der Waals surface area contributed by atoms with E-state index < -0.39 is 0 Å². The van der Waals surface area contributed by atoms with Gasteiger partial charge in [0.15, 0.2) is 17.3 Å². The van der Waals surface area contributed by atoms with Crippen LogP contribution >= 0.6 is 0 Å². The Labute approximate surface area is 177 Å². The molecule has 6 heteroatoms. The first-order chi connectivity index (χ1) is 14.5. The summed E-state index contributed by atoms with van der Waals surface area (Å²) in [5.74, 6) is 1.03. The number of carbonyl (C=O) groups is 2. The monoisotopic (exact) mass is 413 g/mol. The molecule has 0 aliphatic heterocycles. The zero-order chi connectivity index (χ0) is 21.7. The summed E-state index contributed by atoms with van der Waals surface area (Å²) in [6.07, 6.45) is 4.00. The number of ether oxygens (including phenoxy) is 3. The van der Waals surface area contributed by atoms with Gasteiger partial charge in [-0.2, -0.15) is 0 Å². The summed E-state index contributed by atoms with van der Waals surface area (Å²) in [4.78, 5) is 28.6. The van der Waals surface area contributed by atoms with Gasteiger partial charge in [-0.25, -0.2) is 4.79 Å². The van der Waals surface area contributed by atoms with Gasteiger partial charge in [-0.3, -0.25) is 4.79 Å². The Bertz CT molecular complexity index is 915. The van der Waals surface area contributed by atoms with Crippen LogP contribution in [0.15, 0.2) is 18.2 Å². The third-order valence-electron chi connectivity index (χ3n) is 5.63. The number of aromatic amines is 1. The number of esters is 1. The molecular weight excluding hydrogens is 382 g/mol. The van der Waals surface area contributed by atoms with Crippen molar-refractivity contribution in [1.82, 2.24) is 4.98 Å². The molecule has 0 saturated carbocycles. The Balaban J connectivity index is 1.80. The number of H-pyrrole nitrogens is 1. The molecule has 3 rings (SSSR count). The average Bonchev–Trinajstić information content (AvgIpc) is 3.08. The topological polar surface area (TPSA) is 77.6 Å². The SMILES string of the molecule is CCCCCOC(=O)c1[nH]c2c(c1C)C(=O)CC(c1ccc(OCC)c(OC)c1)C2. The number of hydrogen-bond donors (Lipinski definition) is 1. The molecule has 1 unspecified atom stereocenters. The third kappa shape index (κ3) is 4.53. The summed E-state index contributed by atoms with van der Waals surface area (Å²) in [7, 11) is 1.61. The lowest BCUT2D eigenvalue weighted by Gasteiger charge is -2.23. The van der Waals surface area contributed by atoms with Gasteiger partial charge < -0.3 is 19.2 Å². The van der Waals surface area contributed by atoms with Crippen molar-refractivity contribution in [1.29, 1.82) is 0 Å². The quantitative estimate of drug-likeness (QED) is 0.463. The van der Waals surface area contributed by atoms with Crippen molar-refractivity contribution in [3.63, 3.8) is 0 Å². The van der Waals surface area contributed by atoms with Crippen molar-refractivity contribution >= 4 is 11.8 Å². The summed E-state index contributed by atoms with van der Waals surface area (Å²) < 4.78 is 16.4. The number of aromatic nitrogens is 1. The van der Waals surface area contributed by atoms with E-state index in [-0.39, 0.29) is 17.7 Å². The second kappa shape index (κ2) is 9.83. The number of hydrogen-bond acceptors (Lipinski definition) is 5. The lowest BCUT2D eigenvalue weighted by Crippen LogP contribution is -2.18. The van der Waals surface area contributed by atoms with Gasteiger partial charge in [-0.05, 0) is 55.9 Å². The molecule has 1 aromatic heterocycles. The normalized spacial score (nSPS) is 15.6. The Morgan fingerprint density at radius 2 is 1.97 bits per heavy atom. The molecule has 0 spiro atoms. The number of Topliss-reactive ketones (excluding diaryl/α,β-unsaturated/α-hetero) is 1. The Morgan fingerprint density at radius 1 is 1.17 bits per heavy atom. The van der Waals surface area contributed by atoms with Crippen molar-refractivity contribution in [3.8, 4) is 11.5 Å². The smallest absolute Gasteiger partial charge is 0.355 e. The molecule has 0 bridgehead atoms. The molecule has 30 heavy (non-hydrogen) atoms. The van der Waals surface area contributed by atoms with Crippen molar-refractivity contribution in [2.45, 2.75) is 58.8 Å². The van der Waals surface area contributed by atoms with E-state index in [1.807, 2.05) is 32.0 Å². The van der Waals surface area contributed by atoms with Crippen LogP contribution in [0.3, 0.4) is 0 Å². The summed E-state index contributed by atoms with van der Waals surface area (Å²) in [6.45, 7) is 6.80. The maximum atomic E-state index is 12.9. The molecule has 0 saturated heterocycles. The van der Waals surface area contributed by atoms with Crippen LogP contribution in [0.25, 0.3) is 0 Å². The number of methoxy groups -OCH3 is 1. The van der Waals surface area contributed by atoms with Crippen LogP contribution in [0, 0.1) is 6.92 Å². The molecule has 162 valence electrons. The zero-order valence-corrected chi connectivity index (χ0v) is 18.3. The number of carbonyl (C=O) groups excluding carboxylic acids is 2. The fraction of sp³-hybridized carbons (Fsp3) is 0.500. The molecule has 2 aromatic rings. The lowest BCUT2D eigenvalue weighted by atomic mass is 9.81. The molecule has 1 aliphatic carbocycles. The van der Waals surface area contributed by atoms with Crippen LogP contribution in [0.5, 0.6) is 11.5 Å². The van der Waals surface area contributed by atoms with Crippen LogP contribution < -0.4 is 9.47 Å². The van der Waals surface area contributed by atoms with Gasteiger partial charge in [0.1, 0.15) is 5.69 Å². The van der Waals surface area contributed by atoms with Crippen LogP contribution in [0.1, 0.15) is 83.1 Å². The van der Waals surface area contributed by atoms with Gasteiger partial charge in [0.05, 0.1) is 20.3 Å². The zero-order valence-electron chi connectivity index (χ0n) is 18.3. The first-order valence-electron chi connectivity index (χ1n) is 10.7. The Hall–Kier alpha value is -2.76. The molecule has 0 radical (unpaired) electrons. The molecule has 0 fully saturated rings. The number of fused-ring (bicyclic) bond motifs is 1. The van der Waals surface area contributed by atoms with Gasteiger partial charge in [0.2, 0.25) is 0 Å². The minimum absolute atomic E-state index is 0.0149.